The molecular formula is C10H14ClNO. The van der Waals surface area contributed by atoms with Gasteiger partial charge in [-0.25, -0.2) is 0 Å². The molecular weight excluding hydrogens is 186 g/mol. The highest BCUT2D eigenvalue weighted by molar-refractivity contribution is 6.25. The van der Waals surface area contributed by atoms with Crippen molar-refractivity contribution in [3.05, 3.63) is 35.8 Å². The SMILES string of the molecule is CC(Cc1ccco1)NC/C=C/Cl. The van der Waals surface area contributed by atoms with Gasteiger partial charge >= 0.3 is 0 Å². The number of hydrogen-bond acceptors (Lipinski definition) is 2. The van der Waals surface area contributed by atoms with E-state index < -0.39 is 0 Å². The van der Waals surface area contributed by atoms with Crippen LogP contribution in [0.3, 0.4) is 0 Å². The Hall–Kier alpha value is -0.730. The van der Waals surface area contributed by atoms with Gasteiger partial charge in [0.05, 0.1) is 6.26 Å². The molecule has 0 fully saturated rings. The first-order valence-electron chi connectivity index (χ1n) is 4.34. The van der Waals surface area contributed by atoms with Crippen LogP contribution < -0.4 is 5.32 Å². The minimum absolute atomic E-state index is 0.402. The zero-order chi connectivity index (χ0) is 9.52. The maximum atomic E-state index is 5.39. The van der Waals surface area contributed by atoms with Crippen LogP contribution in [0.2, 0.25) is 0 Å². The zero-order valence-corrected chi connectivity index (χ0v) is 8.42. The predicted octanol–water partition coefficient (Wildman–Crippen LogP) is 2.55. The van der Waals surface area contributed by atoms with E-state index >= 15 is 0 Å². The van der Waals surface area contributed by atoms with Gasteiger partial charge in [0.2, 0.25) is 0 Å². The van der Waals surface area contributed by atoms with Crippen LogP contribution in [0.15, 0.2) is 34.4 Å². The summed E-state index contributed by atoms with van der Waals surface area (Å²) in [4.78, 5) is 0. The van der Waals surface area contributed by atoms with Gasteiger partial charge in [0.25, 0.3) is 0 Å². The molecule has 0 aliphatic heterocycles. The zero-order valence-electron chi connectivity index (χ0n) is 7.66. The second-order valence-electron chi connectivity index (χ2n) is 2.95. The highest BCUT2D eigenvalue weighted by Gasteiger charge is 2.02. The highest BCUT2D eigenvalue weighted by atomic mass is 35.5. The highest BCUT2D eigenvalue weighted by Crippen LogP contribution is 2.03. The Kier molecular flexibility index (Phi) is 4.65. The molecule has 72 valence electrons. The normalized spacial score (nSPS) is 13.7. The molecule has 1 aromatic rings. The van der Waals surface area contributed by atoms with Gasteiger partial charge in [-0.05, 0) is 19.1 Å². The fraction of sp³-hybridized carbons (Fsp3) is 0.400. The topological polar surface area (TPSA) is 25.2 Å². The van der Waals surface area contributed by atoms with Crippen molar-refractivity contribution in [1.82, 2.24) is 5.32 Å². The minimum atomic E-state index is 0.402. The number of hydrogen-bond donors (Lipinski definition) is 1. The Labute approximate surface area is 83.6 Å². The Balaban J connectivity index is 2.21. The van der Waals surface area contributed by atoms with Gasteiger partial charge in [-0.15, -0.1) is 0 Å². The number of furan rings is 1. The van der Waals surface area contributed by atoms with Gasteiger partial charge < -0.3 is 9.73 Å². The van der Waals surface area contributed by atoms with Crippen molar-refractivity contribution in [3.63, 3.8) is 0 Å². The lowest BCUT2D eigenvalue weighted by molar-refractivity contribution is 0.466. The fourth-order valence-electron chi connectivity index (χ4n) is 1.12. The van der Waals surface area contributed by atoms with E-state index in [1.54, 1.807) is 6.26 Å². The summed E-state index contributed by atoms with van der Waals surface area (Å²) in [5.74, 6) is 1.01. The molecule has 0 spiro atoms. The molecule has 0 radical (unpaired) electrons. The lowest BCUT2D eigenvalue weighted by atomic mass is 10.2. The second-order valence-corrected chi connectivity index (χ2v) is 3.21. The molecule has 1 rings (SSSR count). The van der Waals surface area contributed by atoms with E-state index in [0.717, 1.165) is 18.7 Å². The van der Waals surface area contributed by atoms with Gasteiger partial charge in [-0.2, -0.15) is 0 Å². The first-order chi connectivity index (χ1) is 6.33. The molecule has 1 heterocycles. The molecule has 1 atom stereocenters. The van der Waals surface area contributed by atoms with E-state index in [-0.39, 0.29) is 0 Å². The quantitative estimate of drug-likeness (QED) is 0.789. The summed E-state index contributed by atoms with van der Waals surface area (Å²) in [5.41, 5.74) is 1.52. The van der Waals surface area contributed by atoms with Crippen molar-refractivity contribution in [1.29, 1.82) is 0 Å². The summed E-state index contributed by atoms with van der Waals surface area (Å²) in [6.45, 7) is 2.91. The standard InChI is InChI=1S/C10H14ClNO/c1-9(12-6-3-5-11)8-10-4-2-7-13-10/h2-5,7,9,12H,6,8H2,1H3/b5-3+. The smallest absolute Gasteiger partial charge is 0.105 e. The van der Waals surface area contributed by atoms with Gasteiger partial charge in [0, 0.05) is 24.5 Å². The summed E-state index contributed by atoms with van der Waals surface area (Å²) in [7, 11) is 0. The van der Waals surface area contributed by atoms with E-state index in [2.05, 4.69) is 12.2 Å². The third-order valence-electron chi connectivity index (χ3n) is 1.76. The minimum Gasteiger partial charge on any atom is -0.469 e. The molecule has 0 bridgehead atoms. The van der Waals surface area contributed by atoms with Crippen molar-refractivity contribution in [2.75, 3.05) is 6.54 Å². The molecule has 1 aromatic heterocycles. The van der Waals surface area contributed by atoms with E-state index in [0.29, 0.717) is 6.04 Å². The summed E-state index contributed by atoms with van der Waals surface area (Å²) in [5, 5.41) is 3.29. The van der Waals surface area contributed by atoms with E-state index in [1.165, 1.54) is 5.54 Å². The Morgan fingerprint density at radius 1 is 1.69 bits per heavy atom. The lowest BCUT2D eigenvalue weighted by Crippen LogP contribution is -2.27. The Bertz CT molecular complexity index is 243. The van der Waals surface area contributed by atoms with Crippen LogP contribution in [0.25, 0.3) is 0 Å². The van der Waals surface area contributed by atoms with Crippen LogP contribution in [-0.4, -0.2) is 12.6 Å². The van der Waals surface area contributed by atoms with Gasteiger partial charge in [-0.3, -0.25) is 0 Å². The van der Waals surface area contributed by atoms with Crippen LogP contribution in [-0.2, 0) is 6.42 Å². The number of rotatable bonds is 5. The van der Waals surface area contributed by atoms with E-state index in [9.17, 15) is 0 Å². The summed E-state index contributed by atoms with van der Waals surface area (Å²) in [6.07, 6.45) is 4.48. The molecule has 0 aromatic carbocycles. The Morgan fingerprint density at radius 3 is 3.15 bits per heavy atom. The summed E-state index contributed by atoms with van der Waals surface area (Å²) < 4.78 is 5.23. The van der Waals surface area contributed by atoms with Gasteiger partial charge in [0.15, 0.2) is 0 Å². The first kappa shape index (κ1) is 10.4. The molecule has 0 saturated heterocycles. The largest absolute Gasteiger partial charge is 0.469 e. The first-order valence-corrected chi connectivity index (χ1v) is 4.77. The van der Waals surface area contributed by atoms with Crippen molar-refractivity contribution in [2.24, 2.45) is 0 Å². The van der Waals surface area contributed by atoms with Gasteiger partial charge in [0.1, 0.15) is 5.76 Å². The summed E-state index contributed by atoms with van der Waals surface area (Å²) in [6, 6.07) is 4.29. The average molecular weight is 200 g/mol. The summed E-state index contributed by atoms with van der Waals surface area (Å²) >= 11 is 5.39. The fourth-order valence-corrected chi connectivity index (χ4v) is 1.21. The van der Waals surface area contributed by atoms with Crippen molar-refractivity contribution in [3.8, 4) is 0 Å². The molecule has 0 saturated carbocycles. The van der Waals surface area contributed by atoms with Crippen LogP contribution in [0.1, 0.15) is 12.7 Å². The van der Waals surface area contributed by atoms with Gasteiger partial charge in [-0.1, -0.05) is 17.7 Å². The van der Waals surface area contributed by atoms with Crippen molar-refractivity contribution >= 4 is 11.6 Å². The average Bonchev–Trinajstić information content (AvgIpc) is 2.57. The molecule has 1 unspecified atom stereocenters. The van der Waals surface area contributed by atoms with Crippen LogP contribution in [0.4, 0.5) is 0 Å². The van der Waals surface area contributed by atoms with E-state index in [1.807, 2.05) is 18.2 Å². The van der Waals surface area contributed by atoms with Crippen LogP contribution >= 0.6 is 11.6 Å². The maximum absolute atomic E-state index is 5.39. The monoisotopic (exact) mass is 199 g/mol. The second kappa shape index (κ2) is 5.84. The van der Waals surface area contributed by atoms with Crippen molar-refractivity contribution < 1.29 is 4.42 Å². The molecule has 0 aliphatic rings. The predicted molar refractivity (Wildman–Crippen MR) is 54.9 cm³/mol. The van der Waals surface area contributed by atoms with Crippen LogP contribution in [0.5, 0.6) is 0 Å². The van der Waals surface area contributed by atoms with E-state index in [4.69, 9.17) is 16.0 Å². The van der Waals surface area contributed by atoms with Crippen LogP contribution in [0, 0.1) is 0 Å². The molecule has 0 amide bonds. The molecule has 2 nitrogen and oxygen atoms in total. The molecule has 13 heavy (non-hydrogen) atoms. The number of halogens is 1. The third kappa shape index (κ3) is 4.15. The van der Waals surface area contributed by atoms with Crippen molar-refractivity contribution in [2.45, 2.75) is 19.4 Å². The third-order valence-corrected chi connectivity index (χ3v) is 1.94. The molecule has 3 heteroatoms. The Morgan fingerprint density at radius 2 is 2.54 bits per heavy atom. The lowest BCUT2D eigenvalue weighted by Gasteiger charge is -2.09. The maximum Gasteiger partial charge on any atom is 0.105 e. The number of nitrogens with one attached hydrogen (secondary N) is 1. The molecule has 1 N–H and O–H groups in total. The molecule has 0 aliphatic carbocycles.